The number of halogens is 4. The van der Waals surface area contributed by atoms with Gasteiger partial charge in [-0.05, 0) is 25.8 Å². The average molecular weight is 522 g/mol. The third-order valence-corrected chi connectivity index (χ3v) is 7.28. The van der Waals surface area contributed by atoms with Gasteiger partial charge in [-0.25, -0.2) is 17.6 Å². The minimum absolute atomic E-state index is 0.0171. The van der Waals surface area contributed by atoms with Gasteiger partial charge in [0.25, 0.3) is 18.2 Å². The summed E-state index contributed by atoms with van der Waals surface area (Å²) in [5.74, 6) is -4.31. The summed E-state index contributed by atoms with van der Waals surface area (Å²) in [5.41, 5.74) is -3.86. The van der Waals surface area contributed by atoms with Gasteiger partial charge in [0.15, 0.2) is 17.0 Å². The maximum absolute atomic E-state index is 14.0. The van der Waals surface area contributed by atoms with Crippen LogP contribution in [0.2, 0.25) is 0 Å². The topological polar surface area (TPSA) is 113 Å². The van der Waals surface area contributed by atoms with Crippen LogP contribution in [0.1, 0.15) is 58.6 Å². The molecule has 2 amide bonds. The number of rotatable bonds is 4. The van der Waals surface area contributed by atoms with Crippen LogP contribution >= 0.6 is 0 Å². The Morgan fingerprint density at radius 2 is 2.08 bits per heavy atom. The van der Waals surface area contributed by atoms with E-state index in [0.717, 1.165) is 18.3 Å². The minimum Gasteiger partial charge on any atom is -0.503 e. The Labute approximate surface area is 207 Å². The standard InChI is InChI=1S/C24H22F4N4O5/c1-11-4-5-24(7-16(21(27)28)30-37-24)17-10-31(11)23(36)18-20(34)19(33)14(9-32(17)18)22(35)29-8-12-2-3-13(25)6-15(12)26/h2-3,6,9,11,17,21,34H,4-5,7-8,10H2,1H3,(H,29,35). The number of nitrogens with zero attached hydrogens (tertiary/aromatic N) is 3. The van der Waals surface area contributed by atoms with Gasteiger partial charge in [-0.1, -0.05) is 11.2 Å². The van der Waals surface area contributed by atoms with E-state index >= 15 is 0 Å². The predicted octanol–water partition coefficient (Wildman–Crippen LogP) is 2.72. The predicted molar refractivity (Wildman–Crippen MR) is 121 cm³/mol. The van der Waals surface area contributed by atoms with Gasteiger partial charge in [-0.15, -0.1) is 0 Å². The van der Waals surface area contributed by atoms with Crippen LogP contribution in [0.15, 0.2) is 34.3 Å². The monoisotopic (exact) mass is 522 g/mol. The number of carbonyl (C=O) groups is 2. The Morgan fingerprint density at radius 1 is 1.32 bits per heavy atom. The minimum atomic E-state index is -2.85. The Hall–Kier alpha value is -3.90. The first kappa shape index (κ1) is 24.8. The molecule has 1 aromatic carbocycles. The van der Waals surface area contributed by atoms with Gasteiger partial charge < -0.3 is 24.7 Å². The molecule has 3 aliphatic rings. The van der Waals surface area contributed by atoms with Crippen molar-refractivity contribution in [1.29, 1.82) is 0 Å². The molecule has 3 unspecified atom stereocenters. The molecule has 1 fully saturated rings. The highest BCUT2D eigenvalue weighted by Gasteiger charge is 2.55. The van der Waals surface area contributed by atoms with Crippen molar-refractivity contribution in [3.05, 3.63) is 63.1 Å². The summed E-state index contributed by atoms with van der Waals surface area (Å²) in [4.78, 5) is 46.1. The molecule has 4 heterocycles. The van der Waals surface area contributed by atoms with E-state index in [-0.39, 0.29) is 43.2 Å². The summed E-state index contributed by atoms with van der Waals surface area (Å²) in [6.45, 7) is 1.39. The average Bonchev–Trinajstić information content (AvgIpc) is 3.24. The lowest BCUT2D eigenvalue weighted by Crippen LogP contribution is -2.52. The highest BCUT2D eigenvalue weighted by molar-refractivity contribution is 5.99. The van der Waals surface area contributed by atoms with Crippen molar-refractivity contribution in [1.82, 2.24) is 14.8 Å². The molecule has 1 saturated heterocycles. The second-order valence-corrected chi connectivity index (χ2v) is 9.47. The van der Waals surface area contributed by atoms with E-state index in [9.17, 15) is 37.1 Å². The molecule has 2 N–H and O–H groups in total. The lowest BCUT2D eigenvalue weighted by atomic mass is 9.84. The zero-order valence-corrected chi connectivity index (χ0v) is 19.5. The molecule has 1 aromatic heterocycles. The maximum atomic E-state index is 14.0. The lowest BCUT2D eigenvalue weighted by molar-refractivity contribution is -0.0655. The van der Waals surface area contributed by atoms with E-state index in [1.165, 1.54) is 9.47 Å². The summed E-state index contributed by atoms with van der Waals surface area (Å²) in [6.07, 6.45) is -1.36. The molecule has 13 heteroatoms. The highest BCUT2D eigenvalue weighted by Crippen LogP contribution is 2.46. The third-order valence-electron chi connectivity index (χ3n) is 7.28. The molecule has 37 heavy (non-hydrogen) atoms. The SMILES string of the molecule is CC1CCC2(CC(C(F)F)=NO2)C2CN1C(=O)c1c(O)c(=O)c(C(=O)NCc3ccc(F)cc3F)cn12. The number of nitrogens with one attached hydrogen (secondary N) is 1. The van der Waals surface area contributed by atoms with Gasteiger partial charge in [0.2, 0.25) is 5.43 Å². The van der Waals surface area contributed by atoms with Gasteiger partial charge in [-0.2, -0.15) is 0 Å². The highest BCUT2D eigenvalue weighted by atomic mass is 19.3. The molecular formula is C24H22F4N4O5. The van der Waals surface area contributed by atoms with Crippen molar-refractivity contribution < 1.29 is 37.1 Å². The number of amides is 2. The smallest absolute Gasteiger partial charge is 0.279 e. The number of hydrogen-bond acceptors (Lipinski definition) is 6. The molecule has 5 rings (SSSR count). The first-order valence-corrected chi connectivity index (χ1v) is 11.6. The van der Waals surface area contributed by atoms with E-state index in [1.54, 1.807) is 6.92 Å². The second-order valence-electron chi connectivity index (χ2n) is 9.47. The number of fused-ring (bicyclic) bond motifs is 5. The van der Waals surface area contributed by atoms with Crippen LogP contribution in [0.3, 0.4) is 0 Å². The van der Waals surface area contributed by atoms with E-state index in [0.29, 0.717) is 12.5 Å². The van der Waals surface area contributed by atoms with Gasteiger partial charge in [0, 0.05) is 43.4 Å². The van der Waals surface area contributed by atoms with E-state index in [1.807, 2.05) is 0 Å². The van der Waals surface area contributed by atoms with Crippen LogP contribution in [0.25, 0.3) is 0 Å². The van der Waals surface area contributed by atoms with Crippen LogP contribution in [-0.4, -0.2) is 56.7 Å². The fourth-order valence-electron chi connectivity index (χ4n) is 5.19. The number of carbonyl (C=O) groups excluding carboxylic acids is 2. The molecule has 0 radical (unpaired) electrons. The molecule has 9 nitrogen and oxygen atoms in total. The summed E-state index contributed by atoms with van der Waals surface area (Å²) in [7, 11) is 0. The fraction of sp³-hybridized carbons (Fsp3) is 0.417. The summed E-state index contributed by atoms with van der Waals surface area (Å²) < 4.78 is 55.2. The number of aromatic hydroxyl groups is 1. The molecule has 0 aliphatic carbocycles. The fourth-order valence-corrected chi connectivity index (χ4v) is 5.19. The number of aromatic nitrogens is 1. The Kier molecular flexibility index (Phi) is 5.95. The summed E-state index contributed by atoms with van der Waals surface area (Å²) in [5, 5.41) is 16.7. The maximum Gasteiger partial charge on any atom is 0.279 e. The van der Waals surface area contributed by atoms with Crippen LogP contribution in [0, 0.1) is 11.6 Å². The van der Waals surface area contributed by atoms with Gasteiger partial charge in [-0.3, -0.25) is 14.4 Å². The largest absolute Gasteiger partial charge is 0.503 e. The van der Waals surface area contributed by atoms with E-state index in [2.05, 4.69) is 10.5 Å². The lowest BCUT2D eigenvalue weighted by Gasteiger charge is -2.41. The summed E-state index contributed by atoms with van der Waals surface area (Å²) in [6, 6.07) is 1.58. The molecule has 2 aromatic rings. The normalized spacial score (nSPS) is 24.5. The summed E-state index contributed by atoms with van der Waals surface area (Å²) >= 11 is 0. The van der Waals surface area contributed by atoms with E-state index < -0.39 is 64.0 Å². The quantitative estimate of drug-likeness (QED) is 0.600. The molecule has 2 bridgehead atoms. The van der Waals surface area contributed by atoms with Crippen LogP contribution < -0.4 is 10.7 Å². The third kappa shape index (κ3) is 4.02. The zero-order valence-electron chi connectivity index (χ0n) is 19.5. The van der Waals surface area contributed by atoms with Gasteiger partial charge in [0.1, 0.15) is 22.9 Å². The molecular weight excluding hydrogens is 500 g/mol. The second kappa shape index (κ2) is 8.89. The first-order valence-electron chi connectivity index (χ1n) is 11.6. The molecule has 3 atom stereocenters. The van der Waals surface area contributed by atoms with Crippen molar-refractivity contribution >= 4 is 17.5 Å². The number of alkyl halides is 2. The number of oxime groups is 1. The molecule has 1 spiro atoms. The van der Waals surface area contributed by atoms with Crippen LogP contribution in [0.5, 0.6) is 5.75 Å². The van der Waals surface area contributed by atoms with Crippen molar-refractivity contribution in [3.8, 4) is 5.75 Å². The van der Waals surface area contributed by atoms with Gasteiger partial charge >= 0.3 is 0 Å². The van der Waals surface area contributed by atoms with E-state index in [4.69, 9.17) is 4.84 Å². The number of benzene rings is 1. The Bertz CT molecular complexity index is 1390. The van der Waals surface area contributed by atoms with Crippen LogP contribution in [-0.2, 0) is 11.4 Å². The van der Waals surface area contributed by atoms with Crippen molar-refractivity contribution in [2.45, 2.75) is 56.8 Å². The first-order chi connectivity index (χ1) is 17.5. The zero-order chi connectivity index (χ0) is 26.6. The van der Waals surface area contributed by atoms with Gasteiger partial charge in [0.05, 0.1) is 6.04 Å². The number of hydrogen-bond donors (Lipinski definition) is 2. The van der Waals surface area contributed by atoms with Crippen molar-refractivity contribution in [2.24, 2.45) is 5.16 Å². The number of pyridine rings is 1. The van der Waals surface area contributed by atoms with Crippen LogP contribution in [0.4, 0.5) is 17.6 Å². The Morgan fingerprint density at radius 3 is 2.76 bits per heavy atom. The Balaban J connectivity index is 1.54. The molecule has 3 aliphatic heterocycles. The molecule has 0 saturated carbocycles. The molecule has 196 valence electrons. The van der Waals surface area contributed by atoms with Crippen molar-refractivity contribution in [2.75, 3.05) is 6.54 Å². The van der Waals surface area contributed by atoms with Crippen molar-refractivity contribution in [3.63, 3.8) is 0 Å².